The van der Waals surface area contributed by atoms with Crippen molar-refractivity contribution in [3.8, 4) is 0 Å². The van der Waals surface area contributed by atoms with Crippen LogP contribution in [0.1, 0.15) is 26.3 Å². The maximum absolute atomic E-state index is 12.1. The van der Waals surface area contributed by atoms with Crippen molar-refractivity contribution in [2.75, 3.05) is 0 Å². The summed E-state index contributed by atoms with van der Waals surface area (Å²) in [5.74, 6) is -1.20. The standard InChI is InChI=1S/C20H15NO5/c22-18-8-4-5-13-21(18)26-20(24)17-11-9-16(10-12-17)19(23)25-14-15-6-2-1-3-7-15/h1-13H,14H2. The smallest absolute Gasteiger partial charge is 0.363 e. The van der Waals surface area contributed by atoms with Crippen molar-refractivity contribution in [2.24, 2.45) is 0 Å². The number of esters is 1. The molecule has 0 atom stereocenters. The van der Waals surface area contributed by atoms with Gasteiger partial charge in [0.25, 0.3) is 5.56 Å². The largest absolute Gasteiger partial charge is 0.457 e. The Morgan fingerprint density at radius 2 is 1.38 bits per heavy atom. The Balaban J connectivity index is 1.62. The van der Waals surface area contributed by atoms with Crippen LogP contribution in [0.15, 0.2) is 83.8 Å². The first-order valence-electron chi connectivity index (χ1n) is 7.85. The third-order valence-corrected chi connectivity index (χ3v) is 3.54. The number of ether oxygens (including phenoxy) is 1. The highest BCUT2D eigenvalue weighted by molar-refractivity contribution is 5.93. The molecule has 0 amide bonds. The summed E-state index contributed by atoms with van der Waals surface area (Å²) in [5.41, 5.74) is 0.950. The van der Waals surface area contributed by atoms with E-state index < -0.39 is 17.5 Å². The Hall–Kier alpha value is -3.67. The Labute approximate surface area is 149 Å². The molecule has 6 nitrogen and oxygen atoms in total. The number of nitrogens with zero attached hydrogens (tertiary/aromatic N) is 1. The van der Waals surface area contributed by atoms with Crippen LogP contribution >= 0.6 is 0 Å². The molecule has 1 heterocycles. The van der Waals surface area contributed by atoms with Gasteiger partial charge in [0.1, 0.15) is 6.61 Å². The van der Waals surface area contributed by atoms with E-state index in [9.17, 15) is 14.4 Å². The van der Waals surface area contributed by atoms with E-state index in [0.29, 0.717) is 5.56 Å². The lowest BCUT2D eigenvalue weighted by Crippen LogP contribution is -2.29. The lowest BCUT2D eigenvalue weighted by Gasteiger charge is -2.07. The fourth-order valence-electron chi connectivity index (χ4n) is 2.18. The zero-order valence-corrected chi connectivity index (χ0v) is 13.7. The summed E-state index contributed by atoms with van der Waals surface area (Å²) in [6.45, 7) is 0.167. The van der Waals surface area contributed by atoms with Crippen molar-refractivity contribution in [3.63, 3.8) is 0 Å². The monoisotopic (exact) mass is 349 g/mol. The molecule has 0 aliphatic rings. The van der Waals surface area contributed by atoms with E-state index in [0.717, 1.165) is 10.3 Å². The summed E-state index contributed by atoms with van der Waals surface area (Å²) in [7, 11) is 0. The summed E-state index contributed by atoms with van der Waals surface area (Å²) in [5, 5.41) is 0. The van der Waals surface area contributed by atoms with Crippen LogP contribution in [0, 0.1) is 0 Å². The lowest BCUT2D eigenvalue weighted by molar-refractivity contribution is 0.0437. The molecular weight excluding hydrogens is 334 g/mol. The van der Waals surface area contributed by atoms with Crippen LogP contribution in [0.5, 0.6) is 0 Å². The van der Waals surface area contributed by atoms with Gasteiger partial charge in [-0.15, -0.1) is 4.73 Å². The molecule has 0 aliphatic heterocycles. The molecule has 0 bridgehead atoms. The van der Waals surface area contributed by atoms with Gasteiger partial charge in [-0.25, -0.2) is 9.59 Å². The average Bonchev–Trinajstić information content (AvgIpc) is 2.69. The topological polar surface area (TPSA) is 74.6 Å². The highest BCUT2D eigenvalue weighted by Gasteiger charge is 2.12. The van der Waals surface area contributed by atoms with Crippen LogP contribution in [0.25, 0.3) is 0 Å². The minimum atomic E-state index is -0.706. The van der Waals surface area contributed by atoms with E-state index in [2.05, 4.69) is 0 Å². The molecule has 0 saturated heterocycles. The first-order valence-corrected chi connectivity index (χ1v) is 7.85. The van der Waals surface area contributed by atoms with E-state index in [1.807, 2.05) is 30.3 Å². The average molecular weight is 349 g/mol. The second-order valence-corrected chi connectivity index (χ2v) is 5.38. The number of rotatable bonds is 5. The van der Waals surface area contributed by atoms with Crippen molar-refractivity contribution in [1.82, 2.24) is 4.73 Å². The molecule has 6 heteroatoms. The number of carbonyl (C=O) groups is 2. The molecule has 0 saturated carbocycles. The van der Waals surface area contributed by atoms with E-state index in [-0.39, 0.29) is 12.2 Å². The van der Waals surface area contributed by atoms with Gasteiger partial charge in [-0.05, 0) is 35.9 Å². The van der Waals surface area contributed by atoms with Crippen LogP contribution in [0.4, 0.5) is 0 Å². The SMILES string of the molecule is O=C(OCc1ccccc1)c1ccc(C(=O)On2ccccc2=O)cc1. The Morgan fingerprint density at radius 1 is 0.769 bits per heavy atom. The maximum Gasteiger partial charge on any atom is 0.363 e. The van der Waals surface area contributed by atoms with E-state index in [1.165, 1.54) is 36.5 Å². The minimum Gasteiger partial charge on any atom is -0.457 e. The van der Waals surface area contributed by atoms with E-state index in [4.69, 9.17) is 9.57 Å². The fraction of sp³-hybridized carbons (Fsp3) is 0.0500. The molecule has 0 spiro atoms. The lowest BCUT2D eigenvalue weighted by atomic mass is 10.1. The zero-order chi connectivity index (χ0) is 18.4. The molecule has 3 aromatic rings. The van der Waals surface area contributed by atoms with E-state index in [1.54, 1.807) is 12.1 Å². The van der Waals surface area contributed by atoms with Crippen molar-refractivity contribution in [3.05, 3.63) is 106 Å². The van der Waals surface area contributed by atoms with Crippen molar-refractivity contribution >= 4 is 11.9 Å². The van der Waals surface area contributed by atoms with Gasteiger partial charge in [-0.1, -0.05) is 36.4 Å². The molecule has 0 fully saturated rings. The van der Waals surface area contributed by atoms with Crippen molar-refractivity contribution < 1.29 is 19.2 Å². The Bertz CT molecular complexity index is 961. The van der Waals surface area contributed by atoms with Crippen molar-refractivity contribution in [2.45, 2.75) is 6.61 Å². The van der Waals surface area contributed by atoms with Gasteiger partial charge >= 0.3 is 11.9 Å². The molecule has 0 radical (unpaired) electrons. The van der Waals surface area contributed by atoms with Gasteiger partial charge in [0.15, 0.2) is 0 Å². The Kier molecular flexibility index (Phi) is 5.24. The van der Waals surface area contributed by atoms with Crippen LogP contribution in [-0.2, 0) is 11.3 Å². The number of hydrogen-bond donors (Lipinski definition) is 0. The van der Waals surface area contributed by atoms with Crippen LogP contribution in [-0.4, -0.2) is 16.7 Å². The van der Waals surface area contributed by atoms with Gasteiger partial charge in [0.2, 0.25) is 0 Å². The summed E-state index contributed by atoms with van der Waals surface area (Å²) in [4.78, 5) is 40.6. The summed E-state index contributed by atoms with van der Waals surface area (Å²) < 4.78 is 6.06. The van der Waals surface area contributed by atoms with Gasteiger partial charge in [-0.2, -0.15) is 0 Å². The molecule has 0 N–H and O–H groups in total. The molecule has 130 valence electrons. The molecule has 1 aromatic heterocycles. The molecular formula is C20H15NO5. The first-order chi connectivity index (χ1) is 12.6. The summed E-state index contributed by atoms with van der Waals surface area (Å²) in [6.07, 6.45) is 1.34. The first kappa shape index (κ1) is 17.2. The molecule has 26 heavy (non-hydrogen) atoms. The number of hydrogen-bond acceptors (Lipinski definition) is 5. The molecule has 2 aromatic carbocycles. The highest BCUT2D eigenvalue weighted by Crippen LogP contribution is 2.09. The highest BCUT2D eigenvalue weighted by atomic mass is 16.7. The number of aromatic nitrogens is 1. The number of pyridine rings is 1. The minimum absolute atomic E-state index is 0.167. The van der Waals surface area contributed by atoms with Crippen LogP contribution in [0.3, 0.4) is 0 Å². The quantitative estimate of drug-likeness (QED) is 0.662. The van der Waals surface area contributed by atoms with Gasteiger partial charge in [0.05, 0.1) is 11.1 Å². The second-order valence-electron chi connectivity index (χ2n) is 5.38. The fourth-order valence-corrected chi connectivity index (χ4v) is 2.18. The molecule has 3 rings (SSSR count). The third kappa shape index (κ3) is 4.24. The van der Waals surface area contributed by atoms with Gasteiger partial charge in [0, 0.05) is 12.3 Å². The predicted octanol–water partition coefficient (Wildman–Crippen LogP) is 2.47. The number of benzene rings is 2. The summed E-state index contributed by atoms with van der Waals surface area (Å²) in [6, 6.07) is 19.5. The molecule has 0 aliphatic carbocycles. The van der Waals surface area contributed by atoms with Crippen LogP contribution < -0.4 is 10.4 Å². The van der Waals surface area contributed by atoms with E-state index >= 15 is 0 Å². The normalized spacial score (nSPS) is 10.2. The maximum atomic E-state index is 12.1. The third-order valence-electron chi connectivity index (χ3n) is 3.54. The van der Waals surface area contributed by atoms with Gasteiger partial charge in [-0.3, -0.25) is 4.79 Å². The van der Waals surface area contributed by atoms with Crippen LogP contribution in [0.2, 0.25) is 0 Å². The second kappa shape index (κ2) is 7.94. The molecule has 0 unspecified atom stereocenters. The van der Waals surface area contributed by atoms with Crippen molar-refractivity contribution in [1.29, 1.82) is 0 Å². The zero-order valence-electron chi connectivity index (χ0n) is 13.7. The number of carbonyl (C=O) groups excluding carboxylic acids is 2. The Morgan fingerprint density at radius 3 is 2.04 bits per heavy atom. The summed E-state index contributed by atoms with van der Waals surface area (Å²) >= 11 is 0. The predicted molar refractivity (Wildman–Crippen MR) is 93.6 cm³/mol. The van der Waals surface area contributed by atoms with Gasteiger partial charge < -0.3 is 9.57 Å².